The van der Waals surface area contributed by atoms with Gasteiger partial charge in [-0.25, -0.2) is 13.2 Å². The maximum Gasteiger partial charge on any atom is 0.334 e. The first-order chi connectivity index (χ1) is 10.3. The Kier molecular flexibility index (Phi) is 6.51. The lowest BCUT2D eigenvalue weighted by Gasteiger charge is -2.11. The van der Waals surface area contributed by atoms with Crippen LogP contribution in [0.3, 0.4) is 0 Å². The van der Waals surface area contributed by atoms with Crippen LogP contribution >= 0.6 is 0 Å². The third-order valence-corrected chi connectivity index (χ3v) is 4.82. The van der Waals surface area contributed by atoms with E-state index in [-0.39, 0.29) is 29.5 Å². The number of nitrogens with one attached hydrogen (secondary N) is 1. The van der Waals surface area contributed by atoms with E-state index in [0.717, 1.165) is 0 Å². The minimum atomic E-state index is -3.26. The quantitative estimate of drug-likeness (QED) is 0.707. The highest BCUT2D eigenvalue weighted by Crippen LogP contribution is 2.12. The number of hydrogen-bond donors (Lipinski definition) is 2. The molecule has 0 spiro atoms. The van der Waals surface area contributed by atoms with Gasteiger partial charge in [0, 0.05) is 7.11 Å². The zero-order valence-corrected chi connectivity index (χ0v) is 13.2. The molecular formula is C14H19NO6S. The molecule has 0 radical (unpaired) electrons. The predicted octanol–water partition coefficient (Wildman–Crippen LogP) is 0.239. The Morgan fingerprint density at radius 3 is 2.32 bits per heavy atom. The average molecular weight is 329 g/mol. The summed E-state index contributed by atoms with van der Waals surface area (Å²) >= 11 is 0. The fourth-order valence-electron chi connectivity index (χ4n) is 1.71. The molecule has 2 N–H and O–H groups in total. The summed E-state index contributed by atoms with van der Waals surface area (Å²) in [6, 6.07) is 6.04. The summed E-state index contributed by atoms with van der Waals surface area (Å²) in [5.41, 5.74) is 0.636. The van der Waals surface area contributed by atoms with E-state index >= 15 is 0 Å². The van der Waals surface area contributed by atoms with E-state index < -0.39 is 21.9 Å². The number of aliphatic carboxylic acids is 1. The van der Waals surface area contributed by atoms with Gasteiger partial charge in [-0.3, -0.25) is 4.79 Å². The highest BCUT2D eigenvalue weighted by atomic mass is 32.2. The Hall–Kier alpha value is -1.93. The molecule has 1 aromatic rings. The van der Waals surface area contributed by atoms with E-state index in [1.54, 1.807) is 19.1 Å². The molecule has 22 heavy (non-hydrogen) atoms. The second kappa shape index (κ2) is 7.90. The van der Waals surface area contributed by atoms with Crippen molar-refractivity contribution in [1.29, 1.82) is 0 Å². The number of hydrogen-bond acceptors (Lipinski definition) is 5. The van der Waals surface area contributed by atoms with E-state index in [9.17, 15) is 18.0 Å². The first kappa shape index (κ1) is 18.1. The molecule has 7 nitrogen and oxygen atoms in total. The van der Waals surface area contributed by atoms with Crippen LogP contribution in [0.15, 0.2) is 29.2 Å². The van der Waals surface area contributed by atoms with Crippen molar-refractivity contribution in [2.45, 2.75) is 24.3 Å². The molecule has 0 fully saturated rings. The smallest absolute Gasteiger partial charge is 0.334 e. The molecule has 1 atom stereocenters. The van der Waals surface area contributed by atoms with Crippen molar-refractivity contribution < 1.29 is 27.9 Å². The maximum absolute atomic E-state index is 11.7. The topological polar surface area (TPSA) is 110 Å². The third-order valence-electron chi connectivity index (χ3n) is 3.07. The van der Waals surface area contributed by atoms with Crippen molar-refractivity contribution in [1.82, 2.24) is 5.32 Å². The Bertz CT molecular complexity index is 623. The third kappa shape index (κ3) is 5.12. The Morgan fingerprint density at radius 1 is 1.27 bits per heavy atom. The second-order valence-electron chi connectivity index (χ2n) is 4.59. The van der Waals surface area contributed by atoms with Gasteiger partial charge < -0.3 is 15.2 Å². The Labute approximate surface area is 129 Å². The average Bonchev–Trinajstić information content (AvgIpc) is 2.48. The number of rotatable bonds is 8. The largest absolute Gasteiger partial charge is 0.479 e. The molecule has 0 bridgehead atoms. The molecule has 8 heteroatoms. The van der Waals surface area contributed by atoms with E-state index in [0.29, 0.717) is 5.56 Å². The van der Waals surface area contributed by atoms with Gasteiger partial charge in [0.05, 0.1) is 23.6 Å². The zero-order valence-electron chi connectivity index (χ0n) is 12.4. The maximum atomic E-state index is 11.7. The first-order valence-corrected chi connectivity index (χ1v) is 8.29. The van der Waals surface area contributed by atoms with Gasteiger partial charge in [-0.1, -0.05) is 19.1 Å². The van der Waals surface area contributed by atoms with E-state index in [2.05, 4.69) is 5.32 Å². The van der Waals surface area contributed by atoms with Gasteiger partial charge in [-0.15, -0.1) is 0 Å². The predicted molar refractivity (Wildman–Crippen MR) is 79.3 cm³/mol. The summed E-state index contributed by atoms with van der Waals surface area (Å²) in [5.74, 6) is -1.51. The molecule has 0 heterocycles. The summed E-state index contributed by atoms with van der Waals surface area (Å²) in [4.78, 5) is 22.7. The number of carboxylic acid groups (broad SMARTS) is 1. The molecule has 0 saturated carbocycles. The van der Waals surface area contributed by atoms with E-state index in [1.165, 1.54) is 19.2 Å². The molecule has 1 amide bonds. The van der Waals surface area contributed by atoms with Crippen LogP contribution in [-0.4, -0.2) is 50.9 Å². The normalized spacial score (nSPS) is 12.6. The lowest BCUT2D eigenvalue weighted by atomic mass is 10.1. The number of carboxylic acids is 1. The summed E-state index contributed by atoms with van der Waals surface area (Å²) in [7, 11) is -2.01. The molecule has 1 unspecified atom stereocenters. The summed E-state index contributed by atoms with van der Waals surface area (Å²) in [5, 5.41) is 11.2. The fraction of sp³-hybridized carbons (Fsp3) is 0.429. The van der Waals surface area contributed by atoms with Gasteiger partial charge in [0.15, 0.2) is 15.9 Å². The number of sulfone groups is 1. The minimum absolute atomic E-state index is 0.0143. The van der Waals surface area contributed by atoms with Crippen LogP contribution in [0.1, 0.15) is 12.5 Å². The van der Waals surface area contributed by atoms with Crippen molar-refractivity contribution in [2.75, 3.05) is 19.4 Å². The molecule has 0 aliphatic heterocycles. The molecule has 1 rings (SSSR count). The summed E-state index contributed by atoms with van der Waals surface area (Å²) in [6.45, 7) is 1.43. The van der Waals surface area contributed by atoms with Crippen molar-refractivity contribution in [3.63, 3.8) is 0 Å². The van der Waals surface area contributed by atoms with Gasteiger partial charge in [0.25, 0.3) is 0 Å². The van der Waals surface area contributed by atoms with Crippen molar-refractivity contribution >= 4 is 21.7 Å². The van der Waals surface area contributed by atoms with Gasteiger partial charge >= 0.3 is 5.97 Å². The molecule has 122 valence electrons. The first-order valence-electron chi connectivity index (χ1n) is 6.64. The molecular weight excluding hydrogens is 310 g/mol. The van der Waals surface area contributed by atoms with Crippen LogP contribution in [0.2, 0.25) is 0 Å². The van der Waals surface area contributed by atoms with Crippen molar-refractivity contribution in [2.24, 2.45) is 0 Å². The lowest BCUT2D eigenvalue weighted by molar-refractivity contribution is -0.148. The number of amides is 1. The van der Waals surface area contributed by atoms with Gasteiger partial charge in [-0.05, 0) is 17.7 Å². The van der Waals surface area contributed by atoms with Gasteiger partial charge in [0.2, 0.25) is 5.91 Å². The number of carbonyl (C=O) groups is 2. The van der Waals surface area contributed by atoms with Crippen LogP contribution in [0.4, 0.5) is 0 Å². The van der Waals surface area contributed by atoms with Gasteiger partial charge in [-0.2, -0.15) is 0 Å². The zero-order chi connectivity index (χ0) is 16.8. The van der Waals surface area contributed by atoms with Crippen LogP contribution in [-0.2, 0) is 30.6 Å². The second-order valence-corrected chi connectivity index (χ2v) is 6.87. The highest BCUT2D eigenvalue weighted by molar-refractivity contribution is 7.91. The summed E-state index contributed by atoms with van der Waals surface area (Å²) in [6.07, 6.45) is -1.07. The number of ether oxygens (including phenoxy) is 1. The lowest BCUT2D eigenvalue weighted by Crippen LogP contribution is -2.38. The van der Waals surface area contributed by atoms with Crippen LogP contribution in [0.5, 0.6) is 0 Å². The molecule has 1 aromatic carbocycles. The summed E-state index contributed by atoms with van der Waals surface area (Å²) < 4.78 is 28.0. The van der Waals surface area contributed by atoms with Crippen LogP contribution in [0.25, 0.3) is 0 Å². The monoisotopic (exact) mass is 329 g/mol. The fourth-order valence-corrected chi connectivity index (χ4v) is 2.59. The molecule has 0 aliphatic rings. The molecule has 0 saturated heterocycles. The standard InChI is InChI=1S/C14H19NO6S/c1-3-22(19,20)11-6-4-10(5-7-11)8-13(16)15-9-12(21-2)14(17)18/h4-7,12H,3,8-9H2,1-2H3,(H,15,16)(H,17,18). The Morgan fingerprint density at radius 2 is 1.86 bits per heavy atom. The Balaban J connectivity index is 2.60. The van der Waals surface area contributed by atoms with Crippen molar-refractivity contribution in [3.8, 4) is 0 Å². The van der Waals surface area contributed by atoms with Crippen molar-refractivity contribution in [3.05, 3.63) is 29.8 Å². The number of carbonyl (C=O) groups excluding carboxylic acids is 1. The molecule has 0 aliphatic carbocycles. The SMILES string of the molecule is CCS(=O)(=O)c1ccc(CC(=O)NCC(OC)C(=O)O)cc1. The van der Waals surface area contributed by atoms with E-state index in [4.69, 9.17) is 9.84 Å². The van der Waals surface area contributed by atoms with Gasteiger partial charge in [0.1, 0.15) is 0 Å². The van der Waals surface area contributed by atoms with E-state index in [1.807, 2.05) is 0 Å². The highest BCUT2D eigenvalue weighted by Gasteiger charge is 2.17. The van der Waals surface area contributed by atoms with Crippen LogP contribution < -0.4 is 5.32 Å². The van der Waals surface area contributed by atoms with Crippen LogP contribution in [0, 0.1) is 0 Å². The number of benzene rings is 1. The minimum Gasteiger partial charge on any atom is -0.479 e. The number of methoxy groups -OCH3 is 1. The molecule has 0 aromatic heterocycles.